The molecule has 0 spiro atoms. The van der Waals surface area contributed by atoms with Crippen LogP contribution in [0.1, 0.15) is 71.2 Å². The molecule has 37 heavy (non-hydrogen) atoms. The lowest BCUT2D eigenvalue weighted by molar-refractivity contribution is 0.211. The molecule has 0 aliphatic heterocycles. The molecule has 3 heteroatoms. The van der Waals surface area contributed by atoms with E-state index in [-0.39, 0.29) is 16.2 Å². The maximum absolute atomic E-state index is 6.65. The highest BCUT2D eigenvalue weighted by atomic mass is 16.3. The number of nitrogens with zero attached hydrogens (tertiary/aromatic N) is 2. The summed E-state index contributed by atoms with van der Waals surface area (Å²) >= 11 is 0. The molecule has 1 aliphatic carbocycles. The molecule has 0 amide bonds. The lowest BCUT2D eigenvalue weighted by Crippen LogP contribution is -2.35. The Morgan fingerprint density at radius 1 is 0.784 bits per heavy atom. The van der Waals surface area contributed by atoms with Crippen LogP contribution in [0.4, 0.5) is 0 Å². The summed E-state index contributed by atoms with van der Waals surface area (Å²) in [5.74, 6) is 0. The summed E-state index contributed by atoms with van der Waals surface area (Å²) in [4.78, 5) is 10.1. The van der Waals surface area contributed by atoms with Crippen LogP contribution in [0.2, 0.25) is 0 Å². The maximum Gasteiger partial charge on any atom is 0.227 e. The standard InChI is InChI=1S/C34H36N2O/c1-21-15-16-23-25-18-24-22-12-8-9-13-26(22)34(19-32(2,3)4,20-33(5,6)7)30(24)36-31(25)37-29(23)28(21)27-14-10-11-17-35-27/h8-18H,19-20H2,1-7H3. The Kier molecular flexibility index (Phi) is 5.18. The number of fused-ring (bicyclic) bond motifs is 6. The molecule has 0 saturated carbocycles. The van der Waals surface area contributed by atoms with Crippen molar-refractivity contribution in [2.45, 2.75) is 66.7 Å². The molecule has 3 aromatic heterocycles. The first kappa shape index (κ1) is 23.9. The van der Waals surface area contributed by atoms with Crippen LogP contribution in [-0.4, -0.2) is 9.97 Å². The zero-order chi connectivity index (χ0) is 26.2. The molecule has 1 aliphatic rings. The number of pyridine rings is 2. The van der Waals surface area contributed by atoms with E-state index in [2.05, 4.69) is 102 Å². The number of rotatable bonds is 3. The normalized spacial score (nSPS) is 14.8. The first-order valence-electron chi connectivity index (χ1n) is 13.4. The van der Waals surface area contributed by atoms with E-state index < -0.39 is 0 Å². The van der Waals surface area contributed by atoms with Crippen LogP contribution in [0.3, 0.4) is 0 Å². The van der Waals surface area contributed by atoms with Crippen molar-refractivity contribution in [2.75, 3.05) is 0 Å². The Morgan fingerprint density at radius 3 is 2.16 bits per heavy atom. The van der Waals surface area contributed by atoms with E-state index in [1.54, 1.807) is 0 Å². The van der Waals surface area contributed by atoms with Crippen LogP contribution in [0.15, 0.2) is 71.3 Å². The van der Waals surface area contributed by atoms with Gasteiger partial charge in [0, 0.05) is 33.5 Å². The molecule has 2 aromatic carbocycles. The van der Waals surface area contributed by atoms with Crippen molar-refractivity contribution in [3.63, 3.8) is 0 Å². The number of aromatic nitrogens is 2. The van der Waals surface area contributed by atoms with Gasteiger partial charge in [0.15, 0.2) is 0 Å². The predicted octanol–water partition coefficient (Wildman–Crippen LogP) is 9.49. The van der Waals surface area contributed by atoms with Gasteiger partial charge in [0.25, 0.3) is 0 Å². The molecule has 0 N–H and O–H groups in total. The molecule has 3 nitrogen and oxygen atoms in total. The SMILES string of the molecule is Cc1ccc2c(oc3nc4c(cc32)-c2ccccc2C4(CC(C)(C)C)CC(C)(C)C)c1-c1ccccn1. The third-order valence-electron chi connectivity index (χ3n) is 7.61. The highest BCUT2D eigenvalue weighted by Gasteiger charge is 2.48. The van der Waals surface area contributed by atoms with Gasteiger partial charge in [-0.3, -0.25) is 4.98 Å². The minimum atomic E-state index is -0.171. The van der Waals surface area contributed by atoms with Gasteiger partial charge in [-0.25, -0.2) is 4.98 Å². The largest absolute Gasteiger partial charge is 0.437 e. The van der Waals surface area contributed by atoms with Gasteiger partial charge in [0.1, 0.15) is 5.58 Å². The van der Waals surface area contributed by atoms with E-state index >= 15 is 0 Å². The Morgan fingerprint density at radius 2 is 1.49 bits per heavy atom. The molecule has 0 radical (unpaired) electrons. The second kappa shape index (κ2) is 8.02. The summed E-state index contributed by atoms with van der Waals surface area (Å²) in [5.41, 5.74) is 9.95. The summed E-state index contributed by atoms with van der Waals surface area (Å²) in [6.45, 7) is 16.2. The summed E-state index contributed by atoms with van der Waals surface area (Å²) in [6, 6.07) is 21.7. The average molecular weight is 489 g/mol. The molecule has 0 saturated heterocycles. The van der Waals surface area contributed by atoms with Gasteiger partial charge in [0.05, 0.1) is 11.4 Å². The fourth-order valence-electron chi connectivity index (χ4n) is 6.76. The van der Waals surface area contributed by atoms with Gasteiger partial charge < -0.3 is 4.42 Å². The minimum Gasteiger partial charge on any atom is -0.437 e. The maximum atomic E-state index is 6.65. The quantitative estimate of drug-likeness (QED) is 0.254. The molecule has 3 heterocycles. The topological polar surface area (TPSA) is 38.9 Å². The third kappa shape index (κ3) is 3.87. The van der Waals surface area contributed by atoms with Crippen molar-refractivity contribution in [1.29, 1.82) is 0 Å². The van der Waals surface area contributed by atoms with Crippen LogP contribution < -0.4 is 0 Å². The first-order chi connectivity index (χ1) is 17.5. The predicted molar refractivity (Wildman–Crippen MR) is 154 cm³/mol. The molecule has 6 rings (SSSR count). The Balaban J connectivity index is 1.69. The Hall–Kier alpha value is -3.46. The average Bonchev–Trinajstić information content (AvgIpc) is 3.29. The second-order valence-corrected chi connectivity index (χ2v) is 13.3. The fraction of sp³-hybridized carbons (Fsp3) is 0.353. The number of hydrogen-bond donors (Lipinski definition) is 0. The molecule has 0 unspecified atom stereocenters. The van der Waals surface area contributed by atoms with Gasteiger partial charge in [-0.15, -0.1) is 0 Å². The number of furan rings is 1. The van der Waals surface area contributed by atoms with E-state index in [1.807, 2.05) is 18.3 Å². The van der Waals surface area contributed by atoms with Crippen LogP contribution in [0.5, 0.6) is 0 Å². The van der Waals surface area contributed by atoms with Crippen molar-refractivity contribution in [2.24, 2.45) is 10.8 Å². The van der Waals surface area contributed by atoms with Crippen molar-refractivity contribution < 1.29 is 4.42 Å². The van der Waals surface area contributed by atoms with Crippen LogP contribution in [-0.2, 0) is 5.41 Å². The van der Waals surface area contributed by atoms with Gasteiger partial charge >= 0.3 is 0 Å². The van der Waals surface area contributed by atoms with Crippen molar-refractivity contribution in [3.05, 3.63) is 83.7 Å². The Labute approximate surface area is 220 Å². The number of benzene rings is 2. The molecule has 0 fully saturated rings. The lowest BCUT2D eigenvalue weighted by Gasteiger charge is -2.41. The fourth-order valence-corrected chi connectivity index (χ4v) is 6.76. The highest BCUT2D eigenvalue weighted by Crippen LogP contribution is 2.58. The summed E-state index contributed by atoms with van der Waals surface area (Å²) < 4.78 is 6.65. The number of hydrogen-bond acceptors (Lipinski definition) is 3. The van der Waals surface area contributed by atoms with Crippen molar-refractivity contribution >= 4 is 22.1 Å². The van der Waals surface area contributed by atoms with E-state index in [4.69, 9.17) is 9.40 Å². The van der Waals surface area contributed by atoms with E-state index in [9.17, 15) is 0 Å². The van der Waals surface area contributed by atoms with E-state index in [0.29, 0.717) is 0 Å². The monoisotopic (exact) mass is 488 g/mol. The summed E-state index contributed by atoms with van der Waals surface area (Å²) in [5, 5.41) is 2.17. The molecule has 0 atom stereocenters. The summed E-state index contributed by atoms with van der Waals surface area (Å²) in [6.07, 6.45) is 3.89. The van der Waals surface area contributed by atoms with E-state index in [0.717, 1.165) is 51.7 Å². The first-order valence-corrected chi connectivity index (χ1v) is 13.4. The lowest BCUT2D eigenvalue weighted by atomic mass is 9.63. The summed E-state index contributed by atoms with van der Waals surface area (Å²) in [7, 11) is 0. The zero-order valence-corrected chi connectivity index (χ0v) is 23.1. The van der Waals surface area contributed by atoms with Gasteiger partial charge in [-0.2, -0.15) is 0 Å². The van der Waals surface area contributed by atoms with Crippen LogP contribution in [0, 0.1) is 17.8 Å². The molecule has 0 bridgehead atoms. The molecular formula is C34H36N2O. The van der Waals surface area contributed by atoms with Crippen LogP contribution >= 0.6 is 0 Å². The molecule has 188 valence electrons. The Bertz CT molecular complexity index is 1630. The van der Waals surface area contributed by atoms with E-state index in [1.165, 1.54) is 22.4 Å². The molecule has 5 aromatic rings. The van der Waals surface area contributed by atoms with Gasteiger partial charge in [-0.1, -0.05) is 84.0 Å². The van der Waals surface area contributed by atoms with Gasteiger partial charge in [0.2, 0.25) is 5.71 Å². The third-order valence-corrected chi connectivity index (χ3v) is 7.61. The minimum absolute atomic E-state index is 0.133. The smallest absolute Gasteiger partial charge is 0.227 e. The number of aryl methyl sites for hydroxylation is 1. The second-order valence-electron chi connectivity index (χ2n) is 13.3. The van der Waals surface area contributed by atoms with Crippen LogP contribution in [0.25, 0.3) is 44.5 Å². The van der Waals surface area contributed by atoms with Gasteiger partial charge in [-0.05, 0) is 65.5 Å². The molecular weight excluding hydrogens is 452 g/mol. The van der Waals surface area contributed by atoms with Crippen molar-refractivity contribution in [1.82, 2.24) is 9.97 Å². The zero-order valence-electron chi connectivity index (χ0n) is 23.1. The highest BCUT2D eigenvalue weighted by molar-refractivity contribution is 6.10. The van der Waals surface area contributed by atoms with Crippen molar-refractivity contribution in [3.8, 4) is 22.4 Å².